The lowest BCUT2D eigenvalue weighted by atomic mass is 10.0. The van der Waals surface area contributed by atoms with E-state index in [-0.39, 0.29) is 18.6 Å². The van der Waals surface area contributed by atoms with Gasteiger partial charge in [0.1, 0.15) is 5.78 Å². The first-order valence-corrected chi connectivity index (χ1v) is 7.37. The number of halogens is 4. The minimum absolute atomic E-state index is 0.0124. The highest BCUT2D eigenvalue weighted by atomic mass is 35.5. The van der Waals surface area contributed by atoms with Gasteiger partial charge in [0.15, 0.2) is 0 Å². The molecule has 2 aromatic rings. The van der Waals surface area contributed by atoms with E-state index < -0.39 is 0 Å². The Hall–Kier alpha value is -0.730. The van der Waals surface area contributed by atoms with Crippen LogP contribution in [-0.2, 0) is 17.6 Å². The predicted octanol–water partition coefficient (Wildman–Crippen LogP) is 5.65. The monoisotopic (exact) mass is 346 g/mol. The first kappa shape index (κ1) is 15.7. The summed E-state index contributed by atoms with van der Waals surface area (Å²) in [6, 6.07) is 10.3. The third-order valence-corrected chi connectivity index (χ3v) is 4.27. The van der Waals surface area contributed by atoms with Crippen LogP contribution in [0.4, 0.5) is 0 Å². The predicted molar refractivity (Wildman–Crippen MR) is 85.3 cm³/mol. The van der Waals surface area contributed by atoms with Crippen LogP contribution in [0, 0.1) is 0 Å². The van der Waals surface area contributed by atoms with Crippen LogP contribution in [-0.4, -0.2) is 5.78 Å². The van der Waals surface area contributed by atoms with Crippen LogP contribution < -0.4 is 0 Å². The minimum Gasteiger partial charge on any atom is -0.299 e. The van der Waals surface area contributed by atoms with Crippen molar-refractivity contribution in [1.82, 2.24) is 0 Å². The second-order valence-corrected chi connectivity index (χ2v) is 5.97. The SMILES string of the molecule is O=C(Cc1ccc(Cl)cc1Cl)Cc1cccc(Cl)c1Cl. The molecular weight excluding hydrogens is 338 g/mol. The molecule has 20 heavy (non-hydrogen) atoms. The average molecular weight is 348 g/mol. The van der Waals surface area contributed by atoms with Crippen molar-refractivity contribution in [2.45, 2.75) is 12.8 Å². The van der Waals surface area contributed by atoms with Crippen molar-refractivity contribution >= 4 is 52.2 Å². The van der Waals surface area contributed by atoms with Crippen LogP contribution in [0.3, 0.4) is 0 Å². The fourth-order valence-corrected chi connectivity index (χ4v) is 2.70. The Kier molecular flexibility index (Phi) is 5.34. The van der Waals surface area contributed by atoms with Gasteiger partial charge in [-0.25, -0.2) is 0 Å². The summed E-state index contributed by atoms with van der Waals surface area (Å²) in [5.74, 6) is 0.0124. The molecule has 0 fully saturated rings. The Bertz CT molecular complexity index is 652. The van der Waals surface area contributed by atoms with Gasteiger partial charge >= 0.3 is 0 Å². The molecule has 2 rings (SSSR count). The van der Waals surface area contributed by atoms with E-state index >= 15 is 0 Å². The molecule has 0 heterocycles. The second-order valence-electron chi connectivity index (χ2n) is 4.34. The van der Waals surface area contributed by atoms with E-state index in [0.29, 0.717) is 25.7 Å². The molecule has 0 aliphatic heterocycles. The molecule has 0 amide bonds. The Morgan fingerprint density at radius 1 is 0.850 bits per heavy atom. The summed E-state index contributed by atoms with van der Waals surface area (Å²) in [5.41, 5.74) is 1.47. The molecule has 0 unspecified atom stereocenters. The maximum Gasteiger partial charge on any atom is 0.141 e. The summed E-state index contributed by atoms with van der Waals surface area (Å²) in [7, 11) is 0. The van der Waals surface area contributed by atoms with E-state index in [9.17, 15) is 4.79 Å². The number of carbonyl (C=O) groups is 1. The normalized spacial score (nSPS) is 10.6. The summed E-state index contributed by atoms with van der Waals surface area (Å²) in [4.78, 5) is 12.1. The zero-order valence-electron chi connectivity index (χ0n) is 10.3. The lowest BCUT2D eigenvalue weighted by Crippen LogP contribution is -2.07. The van der Waals surface area contributed by atoms with Crippen molar-refractivity contribution < 1.29 is 4.79 Å². The fraction of sp³-hybridized carbons (Fsp3) is 0.133. The van der Waals surface area contributed by atoms with E-state index in [1.54, 1.807) is 36.4 Å². The third kappa shape index (κ3) is 3.89. The first-order chi connectivity index (χ1) is 9.47. The zero-order valence-corrected chi connectivity index (χ0v) is 13.3. The lowest BCUT2D eigenvalue weighted by Gasteiger charge is -2.07. The largest absolute Gasteiger partial charge is 0.299 e. The Balaban J connectivity index is 2.11. The number of carbonyl (C=O) groups excluding carboxylic acids is 1. The van der Waals surface area contributed by atoms with Gasteiger partial charge in [-0.05, 0) is 29.3 Å². The summed E-state index contributed by atoms with van der Waals surface area (Å²) in [6.45, 7) is 0. The number of hydrogen-bond donors (Lipinski definition) is 0. The van der Waals surface area contributed by atoms with Crippen LogP contribution in [0.15, 0.2) is 36.4 Å². The number of hydrogen-bond acceptors (Lipinski definition) is 1. The maximum absolute atomic E-state index is 12.1. The summed E-state index contributed by atoms with van der Waals surface area (Å²) < 4.78 is 0. The molecule has 0 atom stereocenters. The summed E-state index contributed by atoms with van der Waals surface area (Å²) in [6.07, 6.45) is 0.456. The van der Waals surface area contributed by atoms with Crippen LogP contribution in [0.25, 0.3) is 0 Å². The van der Waals surface area contributed by atoms with Gasteiger partial charge in [-0.2, -0.15) is 0 Å². The van der Waals surface area contributed by atoms with Crippen molar-refractivity contribution in [3.63, 3.8) is 0 Å². The number of Topliss-reactive ketones (excluding diaryl/α,β-unsaturated/α-hetero) is 1. The standard InChI is InChI=1S/C15H10Cl4O/c16-11-5-4-9(14(18)8-11)6-12(20)7-10-2-1-3-13(17)15(10)19/h1-5,8H,6-7H2. The molecule has 104 valence electrons. The van der Waals surface area contributed by atoms with E-state index in [2.05, 4.69) is 0 Å². The van der Waals surface area contributed by atoms with Gasteiger partial charge in [-0.1, -0.05) is 64.6 Å². The number of ketones is 1. The Morgan fingerprint density at radius 2 is 1.55 bits per heavy atom. The van der Waals surface area contributed by atoms with Crippen LogP contribution in [0.2, 0.25) is 20.1 Å². The molecular formula is C15H10Cl4O. The molecule has 0 saturated carbocycles. The van der Waals surface area contributed by atoms with Crippen molar-refractivity contribution in [2.75, 3.05) is 0 Å². The Labute approximate surface area is 137 Å². The smallest absolute Gasteiger partial charge is 0.141 e. The highest BCUT2D eigenvalue weighted by Crippen LogP contribution is 2.27. The molecule has 0 aliphatic carbocycles. The quantitative estimate of drug-likeness (QED) is 0.697. The lowest BCUT2D eigenvalue weighted by molar-refractivity contribution is -0.117. The van der Waals surface area contributed by atoms with E-state index in [4.69, 9.17) is 46.4 Å². The minimum atomic E-state index is 0.0124. The van der Waals surface area contributed by atoms with Gasteiger partial charge in [-0.15, -0.1) is 0 Å². The maximum atomic E-state index is 12.1. The van der Waals surface area contributed by atoms with Crippen molar-refractivity contribution in [2.24, 2.45) is 0 Å². The van der Waals surface area contributed by atoms with Gasteiger partial charge in [0, 0.05) is 22.9 Å². The van der Waals surface area contributed by atoms with Gasteiger partial charge in [0.25, 0.3) is 0 Å². The molecule has 0 saturated heterocycles. The van der Waals surface area contributed by atoms with Crippen molar-refractivity contribution in [1.29, 1.82) is 0 Å². The molecule has 1 nitrogen and oxygen atoms in total. The highest BCUT2D eigenvalue weighted by Gasteiger charge is 2.12. The van der Waals surface area contributed by atoms with Gasteiger partial charge in [0.05, 0.1) is 10.0 Å². The number of benzene rings is 2. The van der Waals surface area contributed by atoms with E-state index in [0.717, 1.165) is 5.56 Å². The topological polar surface area (TPSA) is 17.1 Å². The Morgan fingerprint density at radius 3 is 2.25 bits per heavy atom. The summed E-state index contributed by atoms with van der Waals surface area (Å²) >= 11 is 23.9. The highest BCUT2D eigenvalue weighted by molar-refractivity contribution is 6.42. The molecule has 0 spiro atoms. The van der Waals surface area contributed by atoms with E-state index in [1.807, 2.05) is 0 Å². The summed E-state index contributed by atoms with van der Waals surface area (Å²) in [5, 5.41) is 1.90. The first-order valence-electron chi connectivity index (χ1n) is 5.86. The molecule has 0 aromatic heterocycles. The second kappa shape index (κ2) is 6.82. The zero-order chi connectivity index (χ0) is 14.7. The molecule has 0 radical (unpaired) electrons. The third-order valence-electron chi connectivity index (χ3n) is 2.82. The number of rotatable bonds is 4. The van der Waals surface area contributed by atoms with Crippen LogP contribution >= 0.6 is 46.4 Å². The average Bonchev–Trinajstić information content (AvgIpc) is 2.38. The van der Waals surface area contributed by atoms with Gasteiger partial charge in [0.2, 0.25) is 0 Å². The molecule has 5 heteroatoms. The van der Waals surface area contributed by atoms with Gasteiger partial charge < -0.3 is 0 Å². The van der Waals surface area contributed by atoms with Crippen molar-refractivity contribution in [3.05, 3.63) is 67.6 Å². The van der Waals surface area contributed by atoms with E-state index in [1.165, 1.54) is 0 Å². The van der Waals surface area contributed by atoms with Crippen LogP contribution in [0.5, 0.6) is 0 Å². The molecule has 2 aromatic carbocycles. The fourth-order valence-electron chi connectivity index (χ4n) is 1.84. The molecule has 0 N–H and O–H groups in total. The van der Waals surface area contributed by atoms with Crippen molar-refractivity contribution in [3.8, 4) is 0 Å². The van der Waals surface area contributed by atoms with Gasteiger partial charge in [-0.3, -0.25) is 4.79 Å². The molecule has 0 bridgehead atoms. The van der Waals surface area contributed by atoms with Crippen LogP contribution in [0.1, 0.15) is 11.1 Å². The molecule has 0 aliphatic rings.